The molecule has 0 N–H and O–H groups in total. The Hall–Kier alpha value is -3.61. The summed E-state index contributed by atoms with van der Waals surface area (Å²) in [5.74, 6) is -0.786. The standard InChI is InChI=1S/C27H26F3NO3/c1-4-31(26(33)20-8-6-5-7-9-20)17-22-12-18(2)10-11-24(22)21-13-19(15-25(32)34-3)14-23(16-21)27(28,29)30/h5-14,16H,4,15,17H2,1-3H3. The van der Waals surface area contributed by atoms with Crippen LogP contribution < -0.4 is 0 Å². The summed E-state index contributed by atoms with van der Waals surface area (Å²) in [6.45, 7) is 4.40. The van der Waals surface area contributed by atoms with Crippen molar-refractivity contribution in [3.8, 4) is 11.1 Å². The summed E-state index contributed by atoms with van der Waals surface area (Å²) in [5, 5.41) is 0. The first-order chi connectivity index (χ1) is 16.1. The molecule has 0 spiro atoms. The summed E-state index contributed by atoms with van der Waals surface area (Å²) < 4.78 is 45.5. The average Bonchev–Trinajstić information content (AvgIpc) is 2.81. The van der Waals surface area contributed by atoms with Crippen LogP contribution in [0.3, 0.4) is 0 Å². The number of hydrogen-bond donors (Lipinski definition) is 0. The number of methoxy groups -OCH3 is 1. The summed E-state index contributed by atoms with van der Waals surface area (Å²) in [6, 6.07) is 17.9. The molecule has 0 aliphatic heterocycles. The molecule has 0 atom stereocenters. The van der Waals surface area contributed by atoms with Crippen molar-refractivity contribution in [2.45, 2.75) is 33.0 Å². The normalized spacial score (nSPS) is 11.2. The molecular formula is C27H26F3NO3. The van der Waals surface area contributed by atoms with E-state index in [1.165, 1.54) is 7.11 Å². The number of halogens is 3. The lowest BCUT2D eigenvalue weighted by molar-refractivity contribution is -0.140. The second kappa shape index (κ2) is 10.5. The van der Waals surface area contributed by atoms with Gasteiger partial charge in [-0.1, -0.05) is 48.0 Å². The Morgan fingerprint density at radius 3 is 2.29 bits per heavy atom. The number of esters is 1. The molecule has 0 fully saturated rings. The first kappa shape index (κ1) is 25.0. The molecule has 0 aromatic heterocycles. The molecule has 0 saturated carbocycles. The second-order valence-electron chi connectivity index (χ2n) is 8.02. The van der Waals surface area contributed by atoms with Gasteiger partial charge in [0.2, 0.25) is 0 Å². The predicted molar refractivity (Wildman–Crippen MR) is 124 cm³/mol. The number of nitrogens with zero attached hydrogens (tertiary/aromatic N) is 1. The van der Waals surface area contributed by atoms with Crippen molar-refractivity contribution >= 4 is 11.9 Å². The molecule has 0 aliphatic rings. The van der Waals surface area contributed by atoms with Crippen LogP contribution in [0.4, 0.5) is 13.2 Å². The zero-order chi connectivity index (χ0) is 24.9. The Kier molecular flexibility index (Phi) is 7.76. The Morgan fingerprint density at radius 2 is 1.68 bits per heavy atom. The maximum absolute atomic E-state index is 13.6. The molecule has 0 bridgehead atoms. The largest absolute Gasteiger partial charge is 0.469 e. The van der Waals surface area contributed by atoms with Crippen molar-refractivity contribution in [1.29, 1.82) is 0 Å². The molecule has 3 aromatic carbocycles. The van der Waals surface area contributed by atoms with E-state index in [2.05, 4.69) is 4.74 Å². The first-order valence-corrected chi connectivity index (χ1v) is 10.8. The van der Waals surface area contributed by atoms with Gasteiger partial charge < -0.3 is 9.64 Å². The van der Waals surface area contributed by atoms with Gasteiger partial charge in [-0.25, -0.2) is 0 Å². The van der Waals surface area contributed by atoms with E-state index in [4.69, 9.17) is 0 Å². The molecule has 0 aliphatic carbocycles. The van der Waals surface area contributed by atoms with Gasteiger partial charge in [0, 0.05) is 18.7 Å². The summed E-state index contributed by atoms with van der Waals surface area (Å²) in [7, 11) is 1.19. The topological polar surface area (TPSA) is 46.6 Å². The summed E-state index contributed by atoms with van der Waals surface area (Å²) >= 11 is 0. The van der Waals surface area contributed by atoms with Gasteiger partial charge in [-0.2, -0.15) is 13.2 Å². The van der Waals surface area contributed by atoms with Crippen LogP contribution in [0.25, 0.3) is 11.1 Å². The van der Waals surface area contributed by atoms with Gasteiger partial charge in [-0.05, 0) is 60.4 Å². The molecule has 178 valence electrons. The minimum absolute atomic E-state index is 0.161. The molecule has 0 heterocycles. The van der Waals surface area contributed by atoms with Gasteiger partial charge in [0.1, 0.15) is 0 Å². The summed E-state index contributed by atoms with van der Waals surface area (Å²) in [5.41, 5.74) is 2.43. The third-order valence-corrected chi connectivity index (χ3v) is 5.52. The SMILES string of the molecule is CCN(Cc1cc(C)ccc1-c1cc(CC(=O)OC)cc(C(F)(F)F)c1)C(=O)c1ccccc1. The highest BCUT2D eigenvalue weighted by Crippen LogP contribution is 2.35. The van der Waals surface area contributed by atoms with Crippen molar-refractivity contribution in [1.82, 2.24) is 4.90 Å². The fourth-order valence-electron chi connectivity index (χ4n) is 3.78. The highest BCUT2D eigenvalue weighted by Gasteiger charge is 2.31. The molecule has 4 nitrogen and oxygen atoms in total. The number of amides is 1. The predicted octanol–water partition coefficient (Wildman–Crippen LogP) is 6.06. The monoisotopic (exact) mass is 469 g/mol. The van der Waals surface area contributed by atoms with E-state index in [0.717, 1.165) is 23.3 Å². The Bertz CT molecular complexity index is 1170. The van der Waals surface area contributed by atoms with E-state index in [0.29, 0.717) is 23.2 Å². The molecule has 34 heavy (non-hydrogen) atoms. The van der Waals surface area contributed by atoms with Crippen LogP contribution in [-0.4, -0.2) is 30.4 Å². The molecule has 0 saturated heterocycles. The second-order valence-corrected chi connectivity index (χ2v) is 8.02. The van der Waals surface area contributed by atoms with Crippen molar-refractivity contribution in [3.63, 3.8) is 0 Å². The molecule has 0 unspecified atom stereocenters. The lowest BCUT2D eigenvalue weighted by Gasteiger charge is -2.23. The van der Waals surface area contributed by atoms with E-state index in [9.17, 15) is 22.8 Å². The molecule has 3 rings (SSSR count). The number of rotatable bonds is 7. The number of carbonyl (C=O) groups is 2. The number of benzene rings is 3. The molecule has 0 radical (unpaired) electrons. The third-order valence-electron chi connectivity index (χ3n) is 5.52. The van der Waals surface area contributed by atoms with Gasteiger partial charge in [0.05, 0.1) is 19.1 Å². The van der Waals surface area contributed by atoms with Gasteiger partial charge in [0.25, 0.3) is 5.91 Å². The van der Waals surface area contributed by atoms with Crippen LogP contribution in [0, 0.1) is 6.92 Å². The minimum atomic E-state index is -4.58. The van der Waals surface area contributed by atoms with Crippen molar-refractivity contribution < 1.29 is 27.5 Å². The van der Waals surface area contributed by atoms with Crippen LogP contribution in [0.5, 0.6) is 0 Å². The van der Waals surface area contributed by atoms with E-state index in [-0.39, 0.29) is 24.4 Å². The number of aryl methyl sites for hydroxylation is 1. The Balaban J connectivity index is 2.06. The van der Waals surface area contributed by atoms with Crippen molar-refractivity contribution in [2.75, 3.05) is 13.7 Å². The summed E-state index contributed by atoms with van der Waals surface area (Å²) in [6.07, 6.45) is -4.85. The lowest BCUT2D eigenvalue weighted by atomic mass is 9.93. The van der Waals surface area contributed by atoms with Crippen LogP contribution in [0.1, 0.15) is 39.5 Å². The Morgan fingerprint density at radius 1 is 0.971 bits per heavy atom. The molecular weight excluding hydrogens is 443 g/mol. The van der Waals surface area contributed by atoms with Crippen LogP contribution in [0.2, 0.25) is 0 Å². The van der Waals surface area contributed by atoms with Gasteiger partial charge in [-0.3, -0.25) is 9.59 Å². The Labute approximate surface area is 197 Å². The smallest absolute Gasteiger partial charge is 0.416 e. The molecule has 7 heteroatoms. The fourth-order valence-corrected chi connectivity index (χ4v) is 3.78. The third kappa shape index (κ3) is 6.04. The summed E-state index contributed by atoms with van der Waals surface area (Å²) in [4.78, 5) is 26.4. The number of hydrogen-bond acceptors (Lipinski definition) is 3. The fraction of sp³-hybridized carbons (Fsp3) is 0.259. The number of ether oxygens (including phenoxy) is 1. The van der Waals surface area contributed by atoms with E-state index in [1.807, 2.05) is 32.0 Å². The average molecular weight is 470 g/mol. The highest BCUT2D eigenvalue weighted by molar-refractivity contribution is 5.94. The van der Waals surface area contributed by atoms with Crippen LogP contribution >= 0.6 is 0 Å². The number of alkyl halides is 3. The molecule has 3 aromatic rings. The van der Waals surface area contributed by atoms with Gasteiger partial charge in [0.15, 0.2) is 0 Å². The minimum Gasteiger partial charge on any atom is -0.469 e. The van der Waals surface area contributed by atoms with Gasteiger partial charge >= 0.3 is 12.1 Å². The van der Waals surface area contributed by atoms with Crippen molar-refractivity contribution in [2.24, 2.45) is 0 Å². The number of carbonyl (C=O) groups excluding carboxylic acids is 2. The molecule has 1 amide bonds. The van der Waals surface area contributed by atoms with Crippen LogP contribution in [0.15, 0.2) is 66.7 Å². The zero-order valence-corrected chi connectivity index (χ0v) is 19.3. The van der Waals surface area contributed by atoms with E-state index >= 15 is 0 Å². The highest BCUT2D eigenvalue weighted by atomic mass is 19.4. The van der Waals surface area contributed by atoms with Crippen molar-refractivity contribution in [3.05, 3.63) is 94.5 Å². The zero-order valence-electron chi connectivity index (χ0n) is 19.3. The maximum atomic E-state index is 13.6. The lowest BCUT2D eigenvalue weighted by Crippen LogP contribution is -2.30. The maximum Gasteiger partial charge on any atom is 0.416 e. The van der Waals surface area contributed by atoms with Gasteiger partial charge in [-0.15, -0.1) is 0 Å². The van der Waals surface area contributed by atoms with Crippen LogP contribution in [-0.2, 0) is 28.7 Å². The quantitative estimate of drug-likeness (QED) is 0.395. The van der Waals surface area contributed by atoms with E-state index < -0.39 is 17.7 Å². The first-order valence-electron chi connectivity index (χ1n) is 10.8. The van der Waals surface area contributed by atoms with E-state index in [1.54, 1.807) is 41.3 Å².